The summed E-state index contributed by atoms with van der Waals surface area (Å²) in [4.78, 5) is 24.3. The number of esters is 2. The molecule has 0 spiro atoms. The third kappa shape index (κ3) is 6.38. The van der Waals surface area contributed by atoms with Crippen molar-refractivity contribution in [2.24, 2.45) is 0 Å². The van der Waals surface area contributed by atoms with Crippen LogP contribution in [0.25, 0.3) is 0 Å². The van der Waals surface area contributed by atoms with Crippen molar-refractivity contribution >= 4 is 11.9 Å². The van der Waals surface area contributed by atoms with Crippen molar-refractivity contribution in [2.45, 2.75) is 6.42 Å². The fourth-order valence-electron chi connectivity index (χ4n) is 2.65. The summed E-state index contributed by atoms with van der Waals surface area (Å²) in [5, 5.41) is 0. The van der Waals surface area contributed by atoms with Crippen molar-refractivity contribution in [3.63, 3.8) is 0 Å². The molecule has 6 nitrogen and oxygen atoms in total. The van der Waals surface area contributed by atoms with E-state index in [2.05, 4.69) is 0 Å². The second-order valence-electron chi connectivity index (χ2n) is 6.34. The summed E-state index contributed by atoms with van der Waals surface area (Å²) in [5.41, 5.74) is 1.40. The summed E-state index contributed by atoms with van der Waals surface area (Å²) >= 11 is 0. The standard InChI is InChI=1S/C24H22O6/c1-27-20-10-12-21(13-11-20)29-17-23(25)30-22-9-5-8-19(16-22)24(26)28-15-14-18-6-3-2-4-7-18/h2-13,16H,14-15,17H2,1H3. The third-order valence-corrected chi connectivity index (χ3v) is 4.18. The molecule has 0 aliphatic rings. The average Bonchev–Trinajstić information content (AvgIpc) is 2.79. The zero-order valence-corrected chi connectivity index (χ0v) is 16.6. The normalized spacial score (nSPS) is 10.2. The van der Waals surface area contributed by atoms with E-state index in [0.717, 1.165) is 5.56 Å². The molecule has 0 aliphatic heterocycles. The van der Waals surface area contributed by atoms with Gasteiger partial charge in [-0.05, 0) is 48.0 Å². The van der Waals surface area contributed by atoms with Crippen molar-refractivity contribution in [3.05, 3.63) is 90.0 Å². The van der Waals surface area contributed by atoms with Crippen LogP contribution < -0.4 is 14.2 Å². The molecule has 154 valence electrons. The Labute approximate surface area is 175 Å². The lowest BCUT2D eigenvalue weighted by atomic mass is 10.2. The Morgan fingerprint density at radius 1 is 0.800 bits per heavy atom. The van der Waals surface area contributed by atoms with Crippen LogP contribution in [0.15, 0.2) is 78.9 Å². The monoisotopic (exact) mass is 406 g/mol. The summed E-state index contributed by atoms with van der Waals surface area (Å²) in [6.07, 6.45) is 0.629. The van der Waals surface area contributed by atoms with E-state index in [1.165, 1.54) is 6.07 Å². The predicted molar refractivity (Wildman–Crippen MR) is 111 cm³/mol. The fraction of sp³-hybridized carbons (Fsp3) is 0.167. The van der Waals surface area contributed by atoms with Crippen LogP contribution in [0.1, 0.15) is 15.9 Å². The molecule has 0 amide bonds. The molecule has 0 saturated heterocycles. The van der Waals surface area contributed by atoms with Crippen LogP contribution in [-0.4, -0.2) is 32.3 Å². The molecule has 0 heterocycles. The SMILES string of the molecule is COc1ccc(OCC(=O)Oc2cccc(C(=O)OCCc3ccccc3)c2)cc1. The van der Waals surface area contributed by atoms with Gasteiger partial charge in [-0.2, -0.15) is 0 Å². The highest BCUT2D eigenvalue weighted by Crippen LogP contribution is 2.18. The van der Waals surface area contributed by atoms with Crippen molar-refractivity contribution in [3.8, 4) is 17.2 Å². The Balaban J connectivity index is 1.47. The van der Waals surface area contributed by atoms with Crippen molar-refractivity contribution < 1.29 is 28.5 Å². The molecule has 0 fully saturated rings. The minimum atomic E-state index is -0.583. The van der Waals surface area contributed by atoms with Gasteiger partial charge in [0.05, 0.1) is 19.3 Å². The van der Waals surface area contributed by atoms with Crippen molar-refractivity contribution in [1.82, 2.24) is 0 Å². The van der Waals surface area contributed by atoms with Gasteiger partial charge in [0.15, 0.2) is 6.61 Å². The number of carbonyl (C=O) groups excluding carboxylic acids is 2. The quantitative estimate of drug-likeness (QED) is 0.394. The van der Waals surface area contributed by atoms with Gasteiger partial charge in [-0.15, -0.1) is 0 Å². The third-order valence-electron chi connectivity index (χ3n) is 4.18. The Kier molecular flexibility index (Phi) is 7.44. The molecule has 0 aliphatic carbocycles. The van der Waals surface area contributed by atoms with Gasteiger partial charge in [0, 0.05) is 6.42 Å². The maximum Gasteiger partial charge on any atom is 0.349 e. The summed E-state index contributed by atoms with van der Waals surface area (Å²) in [6.45, 7) is 0.000637. The minimum Gasteiger partial charge on any atom is -0.497 e. The molecule has 3 aromatic rings. The zero-order valence-electron chi connectivity index (χ0n) is 16.6. The molecule has 0 bridgehead atoms. The first-order chi connectivity index (χ1) is 14.6. The maximum absolute atomic E-state index is 12.2. The summed E-state index contributed by atoms with van der Waals surface area (Å²) in [7, 11) is 1.57. The van der Waals surface area contributed by atoms with Crippen LogP contribution in [0.5, 0.6) is 17.2 Å². The lowest BCUT2D eigenvalue weighted by Crippen LogP contribution is -2.18. The number of ether oxygens (including phenoxy) is 4. The number of carbonyl (C=O) groups is 2. The van der Waals surface area contributed by atoms with Gasteiger partial charge in [-0.3, -0.25) is 0 Å². The van der Waals surface area contributed by atoms with Gasteiger partial charge in [0.1, 0.15) is 17.2 Å². The molecule has 0 unspecified atom stereocenters. The van der Waals surface area contributed by atoms with Crippen molar-refractivity contribution in [2.75, 3.05) is 20.3 Å². The number of methoxy groups -OCH3 is 1. The second kappa shape index (κ2) is 10.7. The Bertz CT molecular complexity index is 967. The average molecular weight is 406 g/mol. The largest absolute Gasteiger partial charge is 0.497 e. The van der Waals surface area contributed by atoms with Gasteiger partial charge < -0.3 is 18.9 Å². The second-order valence-corrected chi connectivity index (χ2v) is 6.34. The van der Waals surface area contributed by atoms with E-state index >= 15 is 0 Å². The van der Waals surface area contributed by atoms with E-state index in [-0.39, 0.29) is 19.0 Å². The van der Waals surface area contributed by atoms with E-state index < -0.39 is 11.9 Å². The first kappa shape index (κ1) is 20.9. The molecule has 0 radical (unpaired) electrons. The molecule has 6 heteroatoms. The maximum atomic E-state index is 12.2. The molecule has 3 aromatic carbocycles. The van der Waals surface area contributed by atoms with Crippen LogP contribution >= 0.6 is 0 Å². The zero-order chi connectivity index (χ0) is 21.2. The van der Waals surface area contributed by atoms with E-state index in [1.54, 1.807) is 49.6 Å². The van der Waals surface area contributed by atoms with E-state index in [4.69, 9.17) is 18.9 Å². The fourth-order valence-corrected chi connectivity index (χ4v) is 2.65. The van der Waals surface area contributed by atoms with Crippen LogP contribution in [0.3, 0.4) is 0 Å². The molecule has 0 saturated carbocycles. The van der Waals surface area contributed by atoms with Gasteiger partial charge in [-0.1, -0.05) is 36.4 Å². The molecule has 30 heavy (non-hydrogen) atoms. The van der Waals surface area contributed by atoms with Gasteiger partial charge in [0.2, 0.25) is 0 Å². The van der Waals surface area contributed by atoms with E-state index in [9.17, 15) is 9.59 Å². The van der Waals surface area contributed by atoms with Crippen LogP contribution in [0, 0.1) is 0 Å². The minimum absolute atomic E-state index is 0.246. The lowest BCUT2D eigenvalue weighted by molar-refractivity contribution is -0.136. The van der Waals surface area contributed by atoms with Crippen LogP contribution in [-0.2, 0) is 16.0 Å². The Morgan fingerprint density at radius 3 is 2.27 bits per heavy atom. The molecule has 0 atom stereocenters. The van der Waals surface area contributed by atoms with Crippen LogP contribution in [0.4, 0.5) is 0 Å². The van der Waals surface area contributed by atoms with Gasteiger partial charge in [-0.25, -0.2) is 9.59 Å². The summed E-state index contributed by atoms with van der Waals surface area (Å²) < 4.78 is 21.0. The Hall–Kier alpha value is -3.80. The first-order valence-electron chi connectivity index (χ1n) is 9.42. The first-order valence-corrected chi connectivity index (χ1v) is 9.42. The number of rotatable bonds is 9. The molecule has 0 aromatic heterocycles. The topological polar surface area (TPSA) is 71.1 Å². The highest BCUT2D eigenvalue weighted by atomic mass is 16.6. The predicted octanol–water partition coefficient (Wildman–Crippen LogP) is 4.08. The molecular formula is C24H22O6. The molecule has 0 N–H and O–H groups in total. The number of benzene rings is 3. The molecular weight excluding hydrogens is 384 g/mol. The summed E-state index contributed by atoms with van der Waals surface area (Å²) in [5.74, 6) is 0.399. The van der Waals surface area contributed by atoms with E-state index in [0.29, 0.717) is 23.5 Å². The summed E-state index contributed by atoms with van der Waals surface area (Å²) in [6, 6.07) is 22.9. The van der Waals surface area contributed by atoms with Gasteiger partial charge >= 0.3 is 11.9 Å². The smallest absolute Gasteiger partial charge is 0.349 e. The molecule has 3 rings (SSSR count). The highest BCUT2D eigenvalue weighted by molar-refractivity contribution is 5.90. The number of hydrogen-bond acceptors (Lipinski definition) is 6. The van der Waals surface area contributed by atoms with Crippen molar-refractivity contribution in [1.29, 1.82) is 0 Å². The van der Waals surface area contributed by atoms with Crippen LogP contribution in [0.2, 0.25) is 0 Å². The lowest BCUT2D eigenvalue weighted by Gasteiger charge is -2.09. The Morgan fingerprint density at radius 2 is 1.53 bits per heavy atom. The number of hydrogen-bond donors (Lipinski definition) is 0. The highest BCUT2D eigenvalue weighted by Gasteiger charge is 2.11. The van der Waals surface area contributed by atoms with E-state index in [1.807, 2.05) is 30.3 Å². The van der Waals surface area contributed by atoms with Gasteiger partial charge in [0.25, 0.3) is 0 Å².